The fraction of sp³-hybridized carbons (Fsp3) is 0.182. The molecule has 0 spiro atoms. The van der Waals surface area contributed by atoms with Crippen molar-refractivity contribution in [1.82, 2.24) is 0 Å². The molecule has 0 amide bonds. The molecule has 0 fully saturated rings. The van der Waals surface area contributed by atoms with Gasteiger partial charge in [-0.05, 0) is 22.4 Å². The third-order valence-electron chi connectivity index (χ3n) is 2.24. The molecule has 2 N–H and O–H groups in total. The number of aliphatic hydroxyl groups excluding tert-OH is 1. The lowest BCUT2D eigenvalue weighted by molar-refractivity contribution is -0.139. The highest BCUT2D eigenvalue weighted by molar-refractivity contribution is 7.17. The number of rotatable bonds is 3. The van der Waals surface area contributed by atoms with Crippen molar-refractivity contribution in [2.45, 2.75) is 12.5 Å². The van der Waals surface area contributed by atoms with Gasteiger partial charge in [-0.1, -0.05) is 18.2 Å². The normalized spacial score (nSPS) is 12.9. The van der Waals surface area contributed by atoms with Crippen molar-refractivity contribution in [2.75, 3.05) is 0 Å². The minimum absolute atomic E-state index is 0.249. The number of thiophene rings is 1. The van der Waals surface area contributed by atoms with Crippen molar-refractivity contribution in [3.05, 3.63) is 35.2 Å². The van der Waals surface area contributed by atoms with Crippen LogP contribution in [0.2, 0.25) is 0 Å². The number of carboxylic acid groups (broad SMARTS) is 1. The molecule has 1 aromatic carbocycles. The summed E-state index contributed by atoms with van der Waals surface area (Å²) in [5, 5.41) is 21.1. The topological polar surface area (TPSA) is 57.5 Å². The number of carboxylic acids is 1. The van der Waals surface area contributed by atoms with Gasteiger partial charge in [0.15, 0.2) is 0 Å². The first-order valence-corrected chi connectivity index (χ1v) is 5.42. The van der Waals surface area contributed by atoms with Crippen LogP contribution in [0.4, 0.5) is 0 Å². The highest BCUT2D eigenvalue weighted by atomic mass is 32.1. The fourth-order valence-electron chi connectivity index (χ4n) is 1.53. The summed E-state index contributed by atoms with van der Waals surface area (Å²) in [4.78, 5) is 10.5. The molecule has 1 heterocycles. The Labute approximate surface area is 90.6 Å². The molecule has 0 radical (unpaired) electrons. The van der Waals surface area contributed by atoms with Gasteiger partial charge in [0.2, 0.25) is 0 Å². The van der Waals surface area contributed by atoms with E-state index in [1.165, 1.54) is 11.3 Å². The Kier molecular flexibility index (Phi) is 2.70. The summed E-state index contributed by atoms with van der Waals surface area (Å²) in [5.41, 5.74) is 0.706. The summed E-state index contributed by atoms with van der Waals surface area (Å²) in [6.07, 6.45) is -1.17. The summed E-state index contributed by atoms with van der Waals surface area (Å²) >= 11 is 1.52. The molecule has 2 aromatic rings. The van der Waals surface area contributed by atoms with Crippen LogP contribution in [0.5, 0.6) is 0 Å². The number of aliphatic hydroxyl groups is 1. The van der Waals surface area contributed by atoms with E-state index >= 15 is 0 Å². The van der Waals surface area contributed by atoms with Gasteiger partial charge in [0.1, 0.15) is 0 Å². The highest BCUT2D eigenvalue weighted by Gasteiger charge is 2.15. The average Bonchev–Trinajstić information content (AvgIpc) is 2.59. The van der Waals surface area contributed by atoms with E-state index in [2.05, 4.69) is 0 Å². The quantitative estimate of drug-likeness (QED) is 0.838. The summed E-state index contributed by atoms with van der Waals surface area (Å²) in [7, 11) is 0. The molecule has 0 aliphatic heterocycles. The number of carbonyl (C=O) groups is 1. The lowest BCUT2D eigenvalue weighted by Gasteiger charge is -2.05. The second-order valence-corrected chi connectivity index (χ2v) is 4.21. The Balaban J connectivity index is 2.39. The molecule has 1 atom stereocenters. The van der Waals surface area contributed by atoms with Crippen molar-refractivity contribution in [1.29, 1.82) is 0 Å². The van der Waals surface area contributed by atoms with Crippen LogP contribution in [-0.2, 0) is 4.79 Å². The Bertz CT molecular complexity index is 489. The van der Waals surface area contributed by atoms with Crippen LogP contribution in [0.3, 0.4) is 0 Å². The van der Waals surface area contributed by atoms with E-state index < -0.39 is 12.1 Å². The number of benzene rings is 1. The van der Waals surface area contributed by atoms with E-state index in [-0.39, 0.29) is 6.42 Å². The third-order valence-corrected chi connectivity index (χ3v) is 3.22. The zero-order valence-corrected chi connectivity index (χ0v) is 8.70. The summed E-state index contributed by atoms with van der Waals surface area (Å²) in [5.74, 6) is -0.988. The first-order chi connectivity index (χ1) is 7.18. The molecule has 3 nitrogen and oxygen atoms in total. The molecule has 0 aliphatic rings. The molecule has 0 unspecified atom stereocenters. The van der Waals surface area contributed by atoms with Gasteiger partial charge >= 0.3 is 5.97 Å². The SMILES string of the molecule is O=C(O)C[C@@H](O)c1csc2ccccc12. The van der Waals surface area contributed by atoms with Crippen LogP contribution in [0.25, 0.3) is 10.1 Å². The Morgan fingerprint density at radius 3 is 2.87 bits per heavy atom. The predicted octanol–water partition coefficient (Wildman–Crippen LogP) is 2.41. The van der Waals surface area contributed by atoms with Crippen molar-refractivity contribution >= 4 is 27.4 Å². The zero-order chi connectivity index (χ0) is 10.8. The number of fused-ring (bicyclic) bond motifs is 1. The molecule has 4 heteroatoms. The zero-order valence-electron chi connectivity index (χ0n) is 7.88. The molecule has 0 saturated heterocycles. The van der Waals surface area contributed by atoms with Crippen molar-refractivity contribution in [2.24, 2.45) is 0 Å². The van der Waals surface area contributed by atoms with E-state index in [0.29, 0.717) is 5.56 Å². The van der Waals surface area contributed by atoms with E-state index in [0.717, 1.165) is 10.1 Å². The van der Waals surface area contributed by atoms with E-state index in [9.17, 15) is 9.90 Å². The fourth-order valence-corrected chi connectivity index (χ4v) is 2.54. The smallest absolute Gasteiger partial charge is 0.306 e. The average molecular weight is 222 g/mol. The maximum atomic E-state index is 10.5. The highest BCUT2D eigenvalue weighted by Crippen LogP contribution is 2.31. The van der Waals surface area contributed by atoms with Crippen LogP contribution in [0.15, 0.2) is 29.6 Å². The Hall–Kier alpha value is -1.39. The predicted molar refractivity (Wildman–Crippen MR) is 59.0 cm³/mol. The number of hydrogen-bond donors (Lipinski definition) is 2. The largest absolute Gasteiger partial charge is 0.481 e. The minimum atomic E-state index is -0.988. The van der Waals surface area contributed by atoms with Gasteiger partial charge in [-0.2, -0.15) is 0 Å². The maximum absolute atomic E-state index is 10.5. The molecule has 78 valence electrons. The Morgan fingerprint density at radius 1 is 1.40 bits per heavy atom. The van der Waals surface area contributed by atoms with Crippen LogP contribution in [-0.4, -0.2) is 16.2 Å². The summed E-state index contributed by atoms with van der Waals surface area (Å²) in [6.45, 7) is 0. The second kappa shape index (κ2) is 4.00. The minimum Gasteiger partial charge on any atom is -0.481 e. The first-order valence-electron chi connectivity index (χ1n) is 4.54. The monoisotopic (exact) mass is 222 g/mol. The van der Waals surface area contributed by atoms with Gasteiger partial charge in [0, 0.05) is 4.70 Å². The molecule has 0 aliphatic carbocycles. The van der Waals surface area contributed by atoms with Crippen LogP contribution in [0.1, 0.15) is 18.1 Å². The molecule has 0 saturated carbocycles. The molecule has 0 bridgehead atoms. The summed E-state index contributed by atoms with van der Waals surface area (Å²) in [6, 6.07) is 7.65. The molecular weight excluding hydrogens is 212 g/mol. The second-order valence-electron chi connectivity index (χ2n) is 3.30. The van der Waals surface area contributed by atoms with Gasteiger partial charge in [-0.25, -0.2) is 0 Å². The number of aliphatic carboxylic acids is 1. The first kappa shape index (κ1) is 10.1. The van der Waals surface area contributed by atoms with Crippen LogP contribution < -0.4 is 0 Å². The van der Waals surface area contributed by atoms with Crippen LogP contribution in [0, 0.1) is 0 Å². The lowest BCUT2D eigenvalue weighted by atomic mass is 10.1. The molecular formula is C11H10O3S. The van der Waals surface area contributed by atoms with E-state index in [1.807, 2.05) is 29.6 Å². The molecule has 1 aromatic heterocycles. The van der Waals surface area contributed by atoms with E-state index in [4.69, 9.17) is 5.11 Å². The Morgan fingerprint density at radius 2 is 2.13 bits per heavy atom. The van der Waals surface area contributed by atoms with Crippen molar-refractivity contribution in [3.63, 3.8) is 0 Å². The maximum Gasteiger partial charge on any atom is 0.306 e. The van der Waals surface area contributed by atoms with Gasteiger partial charge < -0.3 is 10.2 Å². The third kappa shape index (κ3) is 2.00. The van der Waals surface area contributed by atoms with Gasteiger partial charge in [0.05, 0.1) is 12.5 Å². The molecule has 15 heavy (non-hydrogen) atoms. The van der Waals surface area contributed by atoms with Gasteiger partial charge in [-0.3, -0.25) is 4.79 Å². The standard InChI is InChI=1S/C11H10O3S/c12-9(5-11(13)14)8-6-15-10-4-2-1-3-7(8)10/h1-4,6,9,12H,5H2,(H,13,14)/t9-/m1/s1. The van der Waals surface area contributed by atoms with Crippen LogP contribution >= 0.6 is 11.3 Å². The summed E-state index contributed by atoms with van der Waals surface area (Å²) < 4.78 is 1.07. The van der Waals surface area contributed by atoms with Gasteiger partial charge in [0.25, 0.3) is 0 Å². The lowest BCUT2D eigenvalue weighted by Crippen LogP contribution is -2.04. The van der Waals surface area contributed by atoms with Crippen molar-refractivity contribution < 1.29 is 15.0 Å². The number of hydrogen-bond acceptors (Lipinski definition) is 3. The molecule has 2 rings (SSSR count). The van der Waals surface area contributed by atoms with Gasteiger partial charge in [-0.15, -0.1) is 11.3 Å². The van der Waals surface area contributed by atoms with E-state index in [1.54, 1.807) is 0 Å². The van der Waals surface area contributed by atoms with Crippen molar-refractivity contribution in [3.8, 4) is 0 Å².